The number of rotatable bonds is 5. The van der Waals surface area contributed by atoms with Crippen molar-refractivity contribution in [2.75, 3.05) is 18.4 Å². The molecule has 0 fully saturated rings. The van der Waals surface area contributed by atoms with Crippen molar-refractivity contribution in [3.63, 3.8) is 0 Å². The monoisotopic (exact) mass is 325 g/mol. The van der Waals surface area contributed by atoms with Crippen LogP contribution >= 0.6 is 0 Å². The van der Waals surface area contributed by atoms with E-state index < -0.39 is 11.7 Å². The highest BCUT2D eigenvalue weighted by molar-refractivity contribution is 5.94. The Labute approximate surface area is 130 Å². The summed E-state index contributed by atoms with van der Waals surface area (Å²) in [5, 5.41) is 5.48. The summed E-state index contributed by atoms with van der Waals surface area (Å²) in [6, 6.07) is 2.18. The van der Waals surface area contributed by atoms with Gasteiger partial charge in [0.1, 0.15) is 12.1 Å². The van der Waals surface area contributed by atoms with Crippen LogP contribution in [0.5, 0.6) is 0 Å². The number of aromatic nitrogens is 3. The van der Waals surface area contributed by atoms with Crippen LogP contribution in [0.3, 0.4) is 0 Å². The minimum atomic E-state index is -4.41. The largest absolute Gasteiger partial charge is 0.417 e. The molecule has 2 aromatic rings. The Morgan fingerprint density at radius 1 is 1.17 bits per heavy atom. The normalized spacial score (nSPS) is 11.1. The Hall–Kier alpha value is -2.71. The molecule has 0 saturated carbocycles. The van der Waals surface area contributed by atoms with Crippen LogP contribution in [0.15, 0.2) is 30.9 Å². The van der Waals surface area contributed by atoms with E-state index in [-0.39, 0.29) is 12.5 Å². The van der Waals surface area contributed by atoms with Gasteiger partial charge in [0.15, 0.2) is 0 Å². The van der Waals surface area contributed by atoms with Crippen LogP contribution in [0.4, 0.5) is 19.0 Å². The first kappa shape index (κ1) is 16.7. The number of hydrogen-bond donors (Lipinski definition) is 2. The number of nitrogens with one attached hydrogen (secondary N) is 2. The second kappa shape index (κ2) is 7.03. The lowest BCUT2D eigenvalue weighted by Gasteiger charge is -2.09. The first-order valence-electron chi connectivity index (χ1n) is 6.70. The molecule has 2 heterocycles. The van der Waals surface area contributed by atoms with Crippen LogP contribution in [0.2, 0.25) is 0 Å². The number of nitrogens with zero attached hydrogens (tertiary/aromatic N) is 3. The van der Waals surface area contributed by atoms with Crippen LogP contribution in [0, 0.1) is 6.92 Å². The Bertz CT molecular complexity index is 673. The predicted octanol–water partition coefficient (Wildman–Crippen LogP) is 2.04. The summed E-state index contributed by atoms with van der Waals surface area (Å²) in [6.07, 6.45) is -0.882. The van der Waals surface area contributed by atoms with Crippen molar-refractivity contribution >= 4 is 11.7 Å². The quantitative estimate of drug-likeness (QED) is 0.823. The fourth-order valence-electron chi connectivity index (χ4n) is 1.74. The van der Waals surface area contributed by atoms with Crippen LogP contribution in [-0.4, -0.2) is 33.9 Å². The molecule has 0 aliphatic rings. The van der Waals surface area contributed by atoms with Gasteiger partial charge in [-0.1, -0.05) is 0 Å². The standard InChI is InChI=1S/C14H14F3N5O/c1-9-11(7-18-8-22-9)13(23)20-5-4-19-12-3-2-10(6-21-12)14(15,16)17/h2-3,6-8H,4-5H2,1H3,(H,19,21)(H,20,23). The van der Waals surface area contributed by atoms with Crippen molar-refractivity contribution < 1.29 is 18.0 Å². The van der Waals surface area contributed by atoms with Crippen molar-refractivity contribution in [2.45, 2.75) is 13.1 Å². The Balaban J connectivity index is 1.79. The average Bonchev–Trinajstić information content (AvgIpc) is 2.51. The van der Waals surface area contributed by atoms with Gasteiger partial charge in [-0.05, 0) is 19.1 Å². The molecule has 0 aromatic carbocycles. The summed E-state index contributed by atoms with van der Waals surface area (Å²) >= 11 is 0. The minimum absolute atomic E-state index is 0.274. The number of carbonyl (C=O) groups excluding carboxylic acids is 1. The van der Waals surface area contributed by atoms with Gasteiger partial charge in [-0.25, -0.2) is 15.0 Å². The second-order valence-electron chi connectivity index (χ2n) is 4.63. The predicted molar refractivity (Wildman–Crippen MR) is 76.8 cm³/mol. The van der Waals surface area contributed by atoms with Crippen molar-refractivity contribution in [1.82, 2.24) is 20.3 Å². The molecule has 0 saturated heterocycles. The third kappa shape index (κ3) is 4.63. The van der Waals surface area contributed by atoms with Crippen molar-refractivity contribution in [2.24, 2.45) is 0 Å². The summed E-state index contributed by atoms with van der Waals surface area (Å²) in [4.78, 5) is 23.2. The zero-order chi connectivity index (χ0) is 16.9. The zero-order valence-corrected chi connectivity index (χ0v) is 12.2. The number of anilines is 1. The molecule has 1 amide bonds. The number of carbonyl (C=O) groups is 1. The third-order valence-electron chi connectivity index (χ3n) is 2.96. The second-order valence-corrected chi connectivity index (χ2v) is 4.63. The lowest BCUT2D eigenvalue weighted by molar-refractivity contribution is -0.137. The SMILES string of the molecule is Cc1ncncc1C(=O)NCCNc1ccc(C(F)(F)F)cn1. The smallest absolute Gasteiger partial charge is 0.368 e. The van der Waals surface area contributed by atoms with E-state index in [2.05, 4.69) is 25.6 Å². The van der Waals surface area contributed by atoms with Gasteiger partial charge in [0.2, 0.25) is 0 Å². The number of amides is 1. The summed E-state index contributed by atoms with van der Waals surface area (Å²) in [5.41, 5.74) is 0.130. The molecule has 2 aromatic heterocycles. The van der Waals surface area contributed by atoms with Crippen molar-refractivity contribution in [1.29, 1.82) is 0 Å². The highest BCUT2D eigenvalue weighted by atomic mass is 19.4. The van der Waals surface area contributed by atoms with Gasteiger partial charge in [0.05, 0.1) is 16.8 Å². The molecule has 0 radical (unpaired) electrons. The minimum Gasteiger partial charge on any atom is -0.368 e. The Morgan fingerprint density at radius 3 is 2.57 bits per heavy atom. The van der Waals surface area contributed by atoms with Gasteiger partial charge in [0.25, 0.3) is 5.91 Å². The van der Waals surface area contributed by atoms with E-state index >= 15 is 0 Å². The van der Waals surface area contributed by atoms with Gasteiger partial charge in [-0.15, -0.1) is 0 Å². The number of hydrogen-bond acceptors (Lipinski definition) is 5. The number of pyridine rings is 1. The Morgan fingerprint density at radius 2 is 1.96 bits per heavy atom. The number of halogens is 3. The fourth-order valence-corrected chi connectivity index (χ4v) is 1.74. The summed E-state index contributed by atoms with van der Waals surface area (Å²) < 4.78 is 37.2. The molecule has 23 heavy (non-hydrogen) atoms. The van der Waals surface area contributed by atoms with Crippen LogP contribution in [-0.2, 0) is 6.18 Å². The van der Waals surface area contributed by atoms with E-state index in [1.807, 2.05) is 0 Å². The molecule has 0 unspecified atom stereocenters. The highest BCUT2D eigenvalue weighted by Crippen LogP contribution is 2.28. The van der Waals surface area contributed by atoms with E-state index in [1.165, 1.54) is 18.6 Å². The maximum absolute atomic E-state index is 12.4. The van der Waals surface area contributed by atoms with Gasteiger partial charge < -0.3 is 10.6 Å². The van der Waals surface area contributed by atoms with Gasteiger partial charge in [-0.3, -0.25) is 4.79 Å². The summed E-state index contributed by atoms with van der Waals surface area (Å²) in [5.74, 6) is -0.0169. The average molecular weight is 325 g/mol. The number of alkyl halides is 3. The topological polar surface area (TPSA) is 79.8 Å². The van der Waals surface area contributed by atoms with E-state index in [0.717, 1.165) is 12.3 Å². The highest BCUT2D eigenvalue weighted by Gasteiger charge is 2.30. The van der Waals surface area contributed by atoms with Gasteiger partial charge in [0, 0.05) is 25.5 Å². The van der Waals surface area contributed by atoms with Crippen LogP contribution in [0.1, 0.15) is 21.6 Å². The molecule has 0 bridgehead atoms. The molecular formula is C14H14F3N5O. The zero-order valence-electron chi connectivity index (χ0n) is 12.2. The molecule has 0 aliphatic carbocycles. The van der Waals surface area contributed by atoms with E-state index in [9.17, 15) is 18.0 Å². The molecule has 0 aliphatic heterocycles. The first-order valence-corrected chi connectivity index (χ1v) is 6.70. The molecule has 6 nitrogen and oxygen atoms in total. The fraction of sp³-hybridized carbons (Fsp3) is 0.286. The number of aryl methyl sites for hydroxylation is 1. The molecule has 122 valence electrons. The first-order chi connectivity index (χ1) is 10.9. The maximum atomic E-state index is 12.4. The molecular weight excluding hydrogens is 311 g/mol. The van der Waals surface area contributed by atoms with Crippen LogP contribution < -0.4 is 10.6 Å². The summed E-state index contributed by atoms with van der Waals surface area (Å²) in [7, 11) is 0. The third-order valence-corrected chi connectivity index (χ3v) is 2.96. The van der Waals surface area contributed by atoms with Crippen molar-refractivity contribution in [3.05, 3.63) is 47.7 Å². The Kier molecular flexibility index (Phi) is 5.09. The molecule has 9 heteroatoms. The maximum Gasteiger partial charge on any atom is 0.417 e. The van der Waals surface area contributed by atoms with E-state index in [0.29, 0.717) is 23.6 Å². The van der Waals surface area contributed by atoms with Gasteiger partial charge >= 0.3 is 6.18 Å². The lowest BCUT2D eigenvalue weighted by atomic mass is 10.2. The van der Waals surface area contributed by atoms with E-state index in [4.69, 9.17) is 0 Å². The molecule has 0 spiro atoms. The molecule has 0 atom stereocenters. The molecule has 2 N–H and O–H groups in total. The van der Waals surface area contributed by atoms with E-state index in [1.54, 1.807) is 6.92 Å². The van der Waals surface area contributed by atoms with Crippen LogP contribution in [0.25, 0.3) is 0 Å². The lowest BCUT2D eigenvalue weighted by Crippen LogP contribution is -2.29. The van der Waals surface area contributed by atoms with Gasteiger partial charge in [-0.2, -0.15) is 13.2 Å². The van der Waals surface area contributed by atoms with Crippen molar-refractivity contribution in [3.8, 4) is 0 Å². The molecule has 2 rings (SSSR count). The summed E-state index contributed by atoms with van der Waals surface area (Å²) in [6.45, 7) is 2.29.